The number of anilines is 1. The first-order chi connectivity index (χ1) is 10.8. The van der Waals surface area contributed by atoms with Crippen LogP contribution in [0.2, 0.25) is 0 Å². The summed E-state index contributed by atoms with van der Waals surface area (Å²) in [6.07, 6.45) is 4.54. The number of aryl methyl sites for hydroxylation is 1. The molecule has 0 radical (unpaired) electrons. The van der Waals surface area contributed by atoms with E-state index in [1.165, 1.54) is 0 Å². The molecule has 23 heavy (non-hydrogen) atoms. The quantitative estimate of drug-likeness (QED) is 0.862. The van der Waals surface area contributed by atoms with Crippen molar-refractivity contribution < 1.29 is 4.79 Å². The fraction of sp³-hybridized carbons (Fsp3) is 0.556. The third-order valence-corrected chi connectivity index (χ3v) is 6.53. The molecule has 1 N–H and O–H groups in total. The number of nitrogens with zero attached hydrogens (tertiary/aromatic N) is 3. The number of carbonyl (C=O) groups excluding carboxylic acids is 1. The van der Waals surface area contributed by atoms with Crippen LogP contribution in [0.5, 0.6) is 0 Å². The molecule has 1 heterocycles. The SMILES string of the molecule is CNc1nc(C)nc2c1CCC13CC1(C)C(=O)C(C#N)=CC23C. The van der Waals surface area contributed by atoms with Crippen LogP contribution < -0.4 is 5.32 Å². The maximum absolute atomic E-state index is 12.7. The van der Waals surface area contributed by atoms with Gasteiger partial charge in [-0.25, -0.2) is 9.97 Å². The number of fused-ring (bicyclic) bond motifs is 2. The minimum atomic E-state index is -0.419. The van der Waals surface area contributed by atoms with Crippen LogP contribution in [-0.2, 0) is 16.6 Å². The predicted molar refractivity (Wildman–Crippen MR) is 85.8 cm³/mol. The monoisotopic (exact) mass is 308 g/mol. The Balaban J connectivity index is 2.04. The van der Waals surface area contributed by atoms with E-state index >= 15 is 0 Å². The summed E-state index contributed by atoms with van der Waals surface area (Å²) in [6.45, 7) is 6.06. The van der Waals surface area contributed by atoms with Crippen LogP contribution in [0, 0.1) is 29.1 Å². The first kappa shape index (κ1) is 14.4. The number of hydrogen-bond acceptors (Lipinski definition) is 5. The lowest BCUT2D eigenvalue weighted by molar-refractivity contribution is -0.122. The molecule has 5 heteroatoms. The van der Waals surface area contributed by atoms with Crippen molar-refractivity contribution in [3.8, 4) is 6.07 Å². The Morgan fingerprint density at radius 1 is 1.35 bits per heavy atom. The third kappa shape index (κ3) is 1.40. The molecule has 3 atom stereocenters. The number of carbonyl (C=O) groups is 1. The normalized spacial score (nSPS) is 37.0. The fourth-order valence-corrected chi connectivity index (χ4v) is 5.21. The fourth-order valence-electron chi connectivity index (χ4n) is 5.21. The van der Waals surface area contributed by atoms with E-state index in [1.807, 2.05) is 27.0 Å². The number of Topliss-reactive ketones (excluding diaryl/α,β-unsaturated/α-hetero) is 1. The van der Waals surface area contributed by atoms with Crippen LogP contribution in [0.4, 0.5) is 5.82 Å². The number of nitriles is 1. The van der Waals surface area contributed by atoms with E-state index < -0.39 is 5.41 Å². The van der Waals surface area contributed by atoms with Crippen molar-refractivity contribution in [2.75, 3.05) is 12.4 Å². The topological polar surface area (TPSA) is 78.7 Å². The smallest absolute Gasteiger partial charge is 0.179 e. The average Bonchev–Trinajstić information content (AvgIpc) is 3.16. The van der Waals surface area contributed by atoms with E-state index in [-0.39, 0.29) is 16.6 Å². The zero-order valence-corrected chi connectivity index (χ0v) is 13.9. The molecule has 118 valence electrons. The zero-order valence-electron chi connectivity index (χ0n) is 13.9. The van der Waals surface area contributed by atoms with Crippen molar-refractivity contribution in [3.05, 3.63) is 28.7 Å². The van der Waals surface area contributed by atoms with Crippen LogP contribution in [0.25, 0.3) is 0 Å². The third-order valence-electron chi connectivity index (χ3n) is 6.53. The lowest BCUT2D eigenvalue weighted by atomic mass is 9.57. The minimum Gasteiger partial charge on any atom is -0.373 e. The van der Waals surface area contributed by atoms with Gasteiger partial charge in [-0.2, -0.15) is 5.26 Å². The molecular weight excluding hydrogens is 288 g/mol. The van der Waals surface area contributed by atoms with Crippen LogP contribution >= 0.6 is 0 Å². The lowest BCUT2D eigenvalue weighted by Crippen LogP contribution is -2.46. The molecule has 3 aliphatic rings. The number of nitrogens with one attached hydrogen (secondary N) is 1. The summed E-state index contributed by atoms with van der Waals surface area (Å²) >= 11 is 0. The highest BCUT2D eigenvalue weighted by Gasteiger charge is 2.78. The molecule has 0 saturated heterocycles. The van der Waals surface area contributed by atoms with Crippen LogP contribution in [0.1, 0.15) is 43.8 Å². The summed E-state index contributed by atoms with van der Waals surface area (Å²) in [6, 6.07) is 2.12. The van der Waals surface area contributed by atoms with Crippen LogP contribution in [0.3, 0.4) is 0 Å². The van der Waals surface area contributed by atoms with Crippen molar-refractivity contribution in [1.29, 1.82) is 5.26 Å². The molecule has 1 aromatic heterocycles. The van der Waals surface area contributed by atoms with Crippen molar-refractivity contribution in [2.24, 2.45) is 10.8 Å². The molecule has 4 rings (SSSR count). The number of hydrogen-bond donors (Lipinski definition) is 1. The molecule has 5 nitrogen and oxygen atoms in total. The van der Waals surface area contributed by atoms with Crippen molar-refractivity contribution in [2.45, 2.75) is 45.4 Å². The molecule has 1 fully saturated rings. The van der Waals surface area contributed by atoms with Crippen LogP contribution in [0.15, 0.2) is 11.6 Å². The Kier molecular flexibility index (Phi) is 2.50. The van der Waals surface area contributed by atoms with Gasteiger partial charge in [-0.15, -0.1) is 0 Å². The van der Waals surface area contributed by atoms with Gasteiger partial charge in [-0.05, 0) is 38.5 Å². The van der Waals surface area contributed by atoms with Gasteiger partial charge < -0.3 is 5.32 Å². The summed E-state index contributed by atoms with van der Waals surface area (Å²) in [7, 11) is 1.87. The first-order valence-electron chi connectivity index (χ1n) is 8.06. The summed E-state index contributed by atoms with van der Waals surface area (Å²) in [4.78, 5) is 21.9. The van der Waals surface area contributed by atoms with E-state index in [0.717, 1.165) is 42.2 Å². The van der Waals surface area contributed by atoms with Gasteiger partial charge in [-0.3, -0.25) is 4.79 Å². The highest BCUT2D eigenvalue weighted by molar-refractivity contribution is 6.07. The maximum atomic E-state index is 12.7. The molecule has 0 bridgehead atoms. The molecule has 3 aliphatic carbocycles. The second-order valence-electron chi connectivity index (χ2n) is 7.49. The lowest BCUT2D eigenvalue weighted by Gasteiger charge is -2.46. The molecule has 1 aromatic rings. The van der Waals surface area contributed by atoms with E-state index in [2.05, 4.69) is 23.3 Å². The zero-order chi connectivity index (χ0) is 16.6. The molecule has 3 unspecified atom stereocenters. The number of allylic oxidation sites excluding steroid dienone is 2. The predicted octanol–water partition coefficient (Wildman–Crippen LogP) is 2.46. The summed E-state index contributed by atoms with van der Waals surface area (Å²) < 4.78 is 0. The second kappa shape index (κ2) is 4.00. The Labute approximate surface area is 135 Å². The van der Waals surface area contributed by atoms with Gasteiger partial charge in [0.2, 0.25) is 0 Å². The van der Waals surface area contributed by atoms with Crippen LogP contribution in [-0.4, -0.2) is 22.8 Å². The standard InChI is InChI=1S/C18H20N4O/c1-10-21-13-12(15(20-4)22-10)5-6-18-9-17(18,3)14(23)11(8-19)7-16(13,18)2/h7H,5-6,9H2,1-4H3,(H,20,21,22). The molecule has 0 aliphatic heterocycles. The Hall–Kier alpha value is -2.22. The summed E-state index contributed by atoms with van der Waals surface area (Å²) in [5.41, 5.74) is 1.51. The van der Waals surface area contributed by atoms with Gasteiger partial charge in [-0.1, -0.05) is 13.0 Å². The summed E-state index contributed by atoms with van der Waals surface area (Å²) in [5, 5.41) is 12.6. The van der Waals surface area contributed by atoms with Crippen molar-refractivity contribution in [1.82, 2.24) is 9.97 Å². The van der Waals surface area contributed by atoms with Crippen molar-refractivity contribution >= 4 is 11.6 Å². The first-order valence-corrected chi connectivity index (χ1v) is 8.06. The average molecular weight is 308 g/mol. The second-order valence-corrected chi connectivity index (χ2v) is 7.49. The van der Waals surface area contributed by atoms with E-state index in [1.54, 1.807) is 0 Å². The van der Waals surface area contributed by atoms with Gasteiger partial charge in [0, 0.05) is 23.4 Å². The highest BCUT2D eigenvalue weighted by atomic mass is 16.1. The summed E-state index contributed by atoms with van der Waals surface area (Å²) in [5.74, 6) is 1.60. The van der Waals surface area contributed by atoms with Gasteiger partial charge in [0.1, 0.15) is 17.7 Å². The van der Waals surface area contributed by atoms with Gasteiger partial charge in [0.05, 0.1) is 11.3 Å². The molecular formula is C18H20N4O. The Morgan fingerprint density at radius 3 is 2.74 bits per heavy atom. The van der Waals surface area contributed by atoms with Gasteiger partial charge >= 0.3 is 0 Å². The largest absolute Gasteiger partial charge is 0.373 e. The number of ketones is 1. The van der Waals surface area contributed by atoms with E-state index in [9.17, 15) is 10.1 Å². The molecule has 0 amide bonds. The van der Waals surface area contributed by atoms with Crippen molar-refractivity contribution in [3.63, 3.8) is 0 Å². The van der Waals surface area contributed by atoms with Gasteiger partial charge in [0.15, 0.2) is 5.78 Å². The van der Waals surface area contributed by atoms with E-state index in [4.69, 9.17) is 4.98 Å². The highest BCUT2D eigenvalue weighted by Crippen LogP contribution is 2.78. The maximum Gasteiger partial charge on any atom is 0.179 e. The minimum absolute atomic E-state index is 0.0144. The van der Waals surface area contributed by atoms with E-state index in [0.29, 0.717) is 5.57 Å². The number of aromatic nitrogens is 2. The molecule has 0 aromatic carbocycles. The Bertz CT molecular complexity index is 836. The van der Waals surface area contributed by atoms with Gasteiger partial charge in [0.25, 0.3) is 0 Å². The Morgan fingerprint density at radius 2 is 2.09 bits per heavy atom. The molecule has 1 spiro atoms. The number of rotatable bonds is 1. The molecule has 1 saturated carbocycles.